The highest BCUT2D eigenvalue weighted by Crippen LogP contribution is 2.33. The van der Waals surface area contributed by atoms with E-state index in [0.29, 0.717) is 17.6 Å². The van der Waals surface area contributed by atoms with Gasteiger partial charge in [-0.25, -0.2) is 12.7 Å². The van der Waals surface area contributed by atoms with E-state index in [0.717, 1.165) is 17.1 Å². The topological polar surface area (TPSA) is 78.5 Å². The van der Waals surface area contributed by atoms with Gasteiger partial charge in [0.2, 0.25) is 15.9 Å². The Hall–Kier alpha value is -1.15. The number of carbonyl (C=O) groups is 1. The summed E-state index contributed by atoms with van der Waals surface area (Å²) in [7, 11) is -0.523. The van der Waals surface area contributed by atoms with Crippen LogP contribution in [0.2, 0.25) is 0 Å². The Kier molecular flexibility index (Phi) is 6.48. The number of fused-ring (bicyclic) bond motifs is 1. The number of benzene rings is 1. The quantitative estimate of drug-likeness (QED) is 0.830. The molecule has 1 aliphatic carbocycles. The standard InChI is InChI=1S/C17H25N3O3S.ClH/c1-20(2)24(22,23)14-8-5-7-13(11-14)18-17(21)16-10-12-6-3-4-9-15(12)19-16;/h5,7-8,11-12,15-16,19H,3-4,6,9-10H2,1-2H3,(H,18,21);1H. The van der Waals surface area contributed by atoms with Crippen LogP contribution in [0.5, 0.6) is 0 Å². The fraction of sp³-hybridized carbons (Fsp3) is 0.588. The molecule has 3 atom stereocenters. The number of sulfonamides is 1. The number of rotatable bonds is 4. The van der Waals surface area contributed by atoms with E-state index in [-0.39, 0.29) is 29.3 Å². The molecule has 1 aromatic carbocycles. The summed E-state index contributed by atoms with van der Waals surface area (Å²) in [4.78, 5) is 12.7. The van der Waals surface area contributed by atoms with Crippen molar-refractivity contribution in [3.63, 3.8) is 0 Å². The molecule has 0 radical (unpaired) electrons. The van der Waals surface area contributed by atoms with E-state index < -0.39 is 10.0 Å². The third kappa shape index (κ3) is 4.34. The Morgan fingerprint density at radius 1 is 1.24 bits per heavy atom. The first-order chi connectivity index (χ1) is 11.4. The van der Waals surface area contributed by atoms with Gasteiger partial charge < -0.3 is 10.6 Å². The lowest BCUT2D eigenvalue weighted by Gasteiger charge is -2.24. The van der Waals surface area contributed by atoms with Gasteiger partial charge in [-0.3, -0.25) is 4.79 Å². The summed E-state index contributed by atoms with van der Waals surface area (Å²) in [6.45, 7) is 0. The lowest BCUT2D eigenvalue weighted by atomic mass is 9.85. The van der Waals surface area contributed by atoms with E-state index in [9.17, 15) is 13.2 Å². The van der Waals surface area contributed by atoms with Crippen molar-refractivity contribution in [2.75, 3.05) is 19.4 Å². The highest BCUT2D eigenvalue weighted by Gasteiger charge is 2.38. The molecule has 1 aromatic rings. The summed E-state index contributed by atoms with van der Waals surface area (Å²) in [6.07, 6.45) is 5.68. The van der Waals surface area contributed by atoms with E-state index in [2.05, 4.69) is 10.6 Å². The van der Waals surface area contributed by atoms with Gasteiger partial charge in [-0.15, -0.1) is 12.4 Å². The van der Waals surface area contributed by atoms with Gasteiger partial charge in [0.25, 0.3) is 0 Å². The maximum absolute atomic E-state index is 12.5. The minimum absolute atomic E-state index is 0. The summed E-state index contributed by atoms with van der Waals surface area (Å²) >= 11 is 0. The molecule has 8 heteroatoms. The molecule has 1 saturated heterocycles. The Morgan fingerprint density at radius 3 is 2.64 bits per heavy atom. The molecule has 3 unspecified atom stereocenters. The molecule has 25 heavy (non-hydrogen) atoms. The molecule has 6 nitrogen and oxygen atoms in total. The summed E-state index contributed by atoms with van der Waals surface area (Å²) < 4.78 is 25.6. The van der Waals surface area contributed by atoms with Crippen LogP contribution in [0.4, 0.5) is 5.69 Å². The summed E-state index contributed by atoms with van der Waals surface area (Å²) in [5.41, 5.74) is 0.514. The van der Waals surface area contributed by atoms with Gasteiger partial charge in [0, 0.05) is 25.8 Å². The fourth-order valence-corrected chi connectivity index (χ4v) is 4.64. The smallest absolute Gasteiger partial charge is 0.242 e. The highest BCUT2D eigenvalue weighted by atomic mass is 35.5. The van der Waals surface area contributed by atoms with Crippen molar-refractivity contribution in [1.82, 2.24) is 9.62 Å². The Bertz CT molecular complexity index is 710. The van der Waals surface area contributed by atoms with Gasteiger partial charge in [-0.05, 0) is 43.4 Å². The Morgan fingerprint density at radius 2 is 1.96 bits per heavy atom. The van der Waals surface area contributed by atoms with E-state index >= 15 is 0 Å². The second kappa shape index (κ2) is 8.03. The summed E-state index contributed by atoms with van der Waals surface area (Å²) in [6, 6.07) is 6.67. The zero-order valence-corrected chi connectivity index (χ0v) is 16.2. The predicted octanol–water partition coefficient (Wildman–Crippen LogP) is 2.22. The molecule has 1 saturated carbocycles. The van der Waals surface area contributed by atoms with Crippen LogP contribution in [-0.4, -0.2) is 44.8 Å². The first kappa shape index (κ1) is 20.2. The number of carbonyl (C=O) groups excluding carboxylic acids is 1. The van der Waals surface area contributed by atoms with Gasteiger partial charge in [0.15, 0.2) is 0 Å². The Labute approximate surface area is 155 Å². The molecule has 140 valence electrons. The van der Waals surface area contributed by atoms with Crippen molar-refractivity contribution >= 4 is 34.0 Å². The summed E-state index contributed by atoms with van der Waals surface area (Å²) in [5, 5.41) is 6.30. The number of nitrogens with one attached hydrogen (secondary N) is 2. The fourth-order valence-electron chi connectivity index (χ4n) is 3.70. The predicted molar refractivity (Wildman–Crippen MR) is 100 cm³/mol. The van der Waals surface area contributed by atoms with E-state index in [1.54, 1.807) is 12.1 Å². The Balaban J connectivity index is 0.00000225. The van der Waals surface area contributed by atoms with Crippen molar-refractivity contribution in [3.05, 3.63) is 24.3 Å². The molecule has 2 N–H and O–H groups in total. The minimum atomic E-state index is -3.51. The van der Waals surface area contributed by atoms with Crippen molar-refractivity contribution in [1.29, 1.82) is 0 Å². The van der Waals surface area contributed by atoms with Gasteiger partial charge >= 0.3 is 0 Å². The van der Waals surface area contributed by atoms with Crippen LogP contribution in [-0.2, 0) is 14.8 Å². The molecule has 1 aliphatic heterocycles. The first-order valence-corrected chi connectivity index (χ1v) is 9.91. The molecule has 3 rings (SSSR count). The lowest BCUT2D eigenvalue weighted by molar-refractivity contribution is -0.117. The van der Waals surface area contributed by atoms with Gasteiger partial charge in [0.1, 0.15) is 0 Å². The van der Waals surface area contributed by atoms with Crippen LogP contribution >= 0.6 is 12.4 Å². The second-order valence-electron chi connectivity index (χ2n) is 6.91. The average Bonchev–Trinajstić information content (AvgIpc) is 2.99. The molecule has 0 spiro atoms. The van der Waals surface area contributed by atoms with Gasteiger partial charge in [-0.1, -0.05) is 18.9 Å². The van der Waals surface area contributed by atoms with E-state index in [4.69, 9.17) is 0 Å². The monoisotopic (exact) mass is 387 g/mol. The molecule has 1 amide bonds. The van der Waals surface area contributed by atoms with Crippen LogP contribution in [0.15, 0.2) is 29.2 Å². The third-order valence-electron chi connectivity index (χ3n) is 5.06. The van der Waals surface area contributed by atoms with Crippen LogP contribution in [0.1, 0.15) is 32.1 Å². The number of anilines is 1. The SMILES string of the molecule is CN(C)S(=O)(=O)c1cccc(NC(=O)C2CC3CCCCC3N2)c1.Cl. The summed E-state index contributed by atoms with van der Waals surface area (Å²) in [5.74, 6) is 0.513. The van der Waals surface area contributed by atoms with Crippen LogP contribution in [0.25, 0.3) is 0 Å². The molecule has 2 fully saturated rings. The highest BCUT2D eigenvalue weighted by molar-refractivity contribution is 7.89. The van der Waals surface area contributed by atoms with E-state index in [1.807, 2.05) is 0 Å². The number of halogens is 1. The number of nitrogens with zero attached hydrogens (tertiary/aromatic N) is 1. The molecule has 0 bridgehead atoms. The molecule has 1 heterocycles. The zero-order chi connectivity index (χ0) is 17.3. The molecular weight excluding hydrogens is 362 g/mol. The van der Waals surface area contributed by atoms with Crippen LogP contribution in [0.3, 0.4) is 0 Å². The molecular formula is C17H26ClN3O3S. The first-order valence-electron chi connectivity index (χ1n) is 8.47. The third-order valence-corrected chi connectivity index (χ3v) is 6.87. The number of hydrogen-bond acceptors (Lipinski definition) is 4. The number of amides is 1. The van der Waals surface area contributed by atoms with Crippen LogP contribution in [0, 0.1) is 5.92 Å². The minimum Gasteiger partial charge on any atom is -0.325 e. The maximum Gasteiger partial charge on any atom is 0.242 e. The molecule has 2 aliphatic rings. The average molecular weight is 388 g/mol. The number of hydrogen-bond donors (Lipinski definition) is 2. The second-order valence-corrected chi connectivity index (χ2v) is 9.06. The van der Waals surface area contributed by atoms with Crippen molar-refractivity contribution < 1.29 is 13.2 Å². The maximum atomic E-state index is 12.5. The lowest BCUT2D eigenvalue weighted by Crippen LogP contribution is -2.39. The van der Waals surface area contributed by atoms with Crippen molar-refractivity contribution in [3.8, 4) is 0 Å². The normalized spacial score (nSPS) is 26.0. The van der Waals surface area contributed by atoms with Gasteiger partial charge in [-0.2, -0.15) is 0 Å². The van der Waals surface area contributed by atoms with Crippen LogP contribution < -0.4 is 10.6 Å². The van der Waals surface area contributed by atoms with Gasteiger partial charge in [0.05, 0.1) is 10.9 Å². The van der Waals surface area contributed by atoms with Crippen molar-refractivity contribution in [2.45, 2.75) is 49.1 Å². The van der Waals surface area contributed by atoms with Crippen molar-refractivity contribution in [2.24, 2.45) is 5.92 Å². The largest absolute Gasteiger partial charge is 0.325 e. The van der Waals surface area contributed by atoms with E-state index in [1.165, 1.54) is 45.5 Å². The molecule has 0 aromatic heterocycles. The zero-order valence-electron chi connectivity index (χ0n) is 14.6.